The molecular weight excluding hydrogens is 276 g/mol. The van der Waals surface area contributed by atoms with Crippen molar-refractivity contribution in [1.82, 2.24) is 20.2 Å². The molecule has 0 amide bonds. The first-order valence-corrected chi connectivity index (χ1v) is 6.61. The molecule has 2 aromatic heterocycles. The van der Waals surface area contributed by atoms with E-state index >= 15 is 0 Å². The molecule has 1 aromatic carbocycles. The first-order chi connectivity index (χ1) is 9.80. The Hall–Kier alpha value is -2.32. The SMILES string of the molecule is COc1ccc(Sc2nc(NN)nc3[nH]ncc23)cc1. The zero-order valence-corrected chi connectivity index (χ0v) is 11.4. The van der Waals surface area contributed by atoms with E-state index in [1.807, 2.05) is 24.3 Å². The van der Waals surface area contributed by atoms with Gasteiger partial charge in [0.15, 0.2) is 5.65 Å². The minimum atomic E-state index is 0.345. The molecule has 0 bridgehead atoms. The third-order valence-electron chi connectivity index (χ3n) is 2.68. The monoisotopic (exact) mass is 288 g/mol. The van der Waals surface area contributed by atoms with E-state index in [2.05, 4.69) is 25.6 Å². The normalized spacial score (nSPS) is 10.7. The lowest BCUT2D eigenvalue weighted by atomic mass is 10.3. The molecule has 0 saturated carbocycles. The first kappa shape index (κ1) is 12.7. The van der Waals surface area contributed by atoms with Crippen LogP contribution < -0.4 is 16.0 Å². The van der Waals surface area contributed by atoms with Crippen LogP contribution >= 0.6 is 11.8 Å². The van der Waals surface area contributed by atoms with E-state index < -0.39 is 0 Å². The van der Waals surface area contributed by atoms with E-state index in [9.17, 15) is 0 Å². The Bertz CT molecular complexity index is 726. The number of hydrogen-bond donors (Lipinski definition) is 3. The average molecular weight is 288 g/mol. The minimum Gasteiger partial charge on any atom is -0.497 e. The molecule has 102 valence electrons. The van der Waals surface area contributed by atoms with Crippen LogP contribution in [0.1, 0.15) is 0 Å². The molecule has 2 heterocycles. The number of anilines is 1. The second-order valence-electron chi connectivity index (χ2n) is 3.91. The van der Waals surface area contributed by atoms with Crippen molar-refractivity contribution in [3.05, 3.63) is 30.5 Å². The molecule has 3 rings (SSSR count). The number of hydrogen-bond acceptors (Lipinski definition) is 7. The molecule has 0 fully saturated rings. The summed E-state index contributed by atoms with van der Waals surface area (Å²) in [6.45, 7) is 0. The van der Waals surface area contributed by atoms with Crippen LogP contribution in [0.4, 0.5) is 5.95 Å². The highest BCUT2D eigenvalue weighted by atomic mass is 32.2. The van der Waals surface area contributed by atoms with Crippen LogP contribution in [-0.4, -0.2) is 27.3 Å². The molecular formula is C12H12N6OS. The minimum absolute atomic E-state index is 0.345. The lowest BCUT2D eigenvalue weighted by Crippen LogP contribution is -2.10. The van der Waals surface area contributed by atoms with Gasteiger partial charge in [0.1, 0.15) is 10.8 Å². The summed E-state index contributed by atoms with van der Waals surface area (Å²) in [4.78, 5) is 9.58. The first-order valence-electron chi connectivity index (χ1n) is 5.80. The van der Waals surface area contributed by atoms with E-state index in [1.165, 1.54) is 11.8 Å². The molecule has 0 unspecified atom stereocenters. The summed E-state index contributed by atoms with van der Waals surface area (Å²) in [6, 6.07) is 7.73. The second-order valence-corrected chi connectivity index (χ2v) is 4.97. The zero-order chi connectivity index (χ0) is 13.9. The molecule has 0 spiro atoms. The predicted octanol–water partition coefficient (Wildman–Crippen LogP) is 1.80. The number of H-pyrrole nitrogens is 1. The molecule has 0 saturated heterocycles. The van der Waals surface area contributed by atoms with Crippen molar-refractivity contribution in [1.29, 1.82) is 0 Å². The van der Waals surface area contributed by atoms with Crippen molar-refractivity contribution >= 4 is 28.7 Å². The summed E-state index contributed by atoms with van der Waals surface area (Å²) in [5.74, 6) is 6.53. The number of nitrogens with one attached hydrogen (secondary N) is 2. The summed E-state index contributed by atoms with van der Waals surface area (Å²) >= 11 is 1.51. The molecule has 7 nitrogen and oxygen atoms in total. The van der Waals surface area contributed by atoms with Gasteiger partial charge in [-0.1, -0.05) is 11.8 Å². The largest absolute Gasteiger partial charge is 0.497 e. The lowest BCUT2D eigenvalue weighted by molar-refractivity contribution is 0.414. The molecule has 20 heavy (non-hydrogen) atoms. The van der Waals surface area contributed by atoms with Crippen molar-refractivity contribution in [2.24, 2.45) is 5.84 Å². The number of fused-ring (bicyclic) bond motifs is 1. The summed E-state index contributed by atoms with van der Waals surface area (Å²) in [5, 5.41) is 8.42. The van der Waals surface area contributed by atoms with E-state index in [1.54, 1.807) is 13.3 Å². The summed E-state index contributed by atoms with van der Waals surface area (Å²) in [6.07, 6.45) is 1.70. The number of rotatable bonds is 4. The van der Waals surface area contributed by atoms with Gasteiger partial charge in [0.25, 0.3) is 0 Å². The van der Waals surface area contributed by atoms with Gasteiger partial charge < -0.3 is 4.74 Å². The maximum Gasteiger partial charge on any atom is 0.240 e. The zero-order valence-electron chi connectivity index (χ0n) is 10.6. The van der Waals surface area contributed by atoms with Crippen molar-refractivity contribution < 1.29 is 4.74 Å². The van der Waals surface area contributed by atoms with Gasteiger partial charge in [-0.05, 0) is 24.3 Å². The molecule has 3 aromatic rings. The standard InChI is InChI=1S/C12H12N6OS/c1-19-7-2-4-8(5-3-7)20-11-9-6-14-18-10(9)15-12(16-11)17-13/h2-6H,13H2,1H3,(H2,14,15,16,17,18). The molecule has 8 heteroatoms. The van der Waals surface area contributed by atoms with Crippen LogP contribution in [0, 0.1) is 0 Å². The molecule has 0 aliphatic rings. The Balaban J connectivity index is 1.98. The number of hydrazine groups is 1. The number of nitrogen functional groups attached to an aromatic ring is 1. The quantitative estimate of drug-likeness (QED) is 0.382. The topological polar surface area (TPSA) is 102 Å². The number of aromatic amines is 1. The van der Waals surface area contributed by atoms with Crippen LogP contribution in [0.5, 0.6) is 5.75 Å². The third kappa shape index (κ3) is 2.38. The van der Waals surface area contributed by atoms with Gasteiger partial charge in [0.2, 0.25) is 5.95 Å². The molecule has 4 N–H and O–H groups in total. The van der Waals surface area contributed by atoms with Gasteiger partial charge >= 0.3 is 0 Å². The Morgan fingerprint density at radius 3 is 2.75 bits per heavy atom. The van der Waals surface area contributed by atoms with Crippen LogP contribution in [0.25, 0.3) is 11.0 Å². The molecule has 0 atom stereocenters. The summed E-state index contributed by atoms with van der Waals surface area (Å²) in [7, 11) is 1.64. The maximum absolute atomic E-state index is 5.37. The highest BCUT2D eigenvalue weighted by molar-refractivity contribution is 7.99. The number of aromatic nitrogens is 4. The van der Waals surface area contributed by atoms with Gasteiger partial charge in [-0.2, -0.15) is 10.1 Å². The van der Waals surface area contributed by atoms with E-state index in [-0.39, 0.29) is 0 Å². The Kier molecular flexibility index (Phi) is 3.40. The Morgan fingerprint density at radius 2 is 2.05 bits per heavy atom. The predicted molar refractivity (Wildman–Crippen MR) is 76.6 cm³/mol. The third-order valence-corrected chi connectivity index (χ3v) is 3.69. The molecule has 0 aliphatic heterocycles. The number of benzene rings is 1. The summed E-state index contributed by atoms with van der Waals surface area (Å²) in [5.41, 5.74) is 3.09. The van der Waals surface area contributed by atoms with Crippen LogP contribution in [0.2, 0.25) is 0 Å². The lowest BCUT2D eigenvalue weighted by Gasteiger charge is -2.05. The van der Waals surface area contributed by atoms with Gasteiger partial charge in [-0.15, -0.1) is 0 Å². The van der Waals surface area contributed by atoms with E-state index in [0.717, 1.165) is 21.1 Å². The maximum atomic E-state index is 5.37. The van der Waals surface area contributed by atoms with Crippen molar-refractivity contribution in [3.63, 3.8) is 0 Å². The van der Waals surface area contributed by atoms with E-state index in [4.69, 9.17) is 10.6 Å². The fraction of sp³-hybridized carbons (Fsp3) is 0.0833. The van der Waals surface area contributed by atoms with Gasteiger partial charge in [0, 0.05) is 4.90 Å². The fourth-order valence-corrected chi connectivity index (χ4v) is 2.59. The van der Waals surface area contributed by atoms with Crippen LogP contribution in [0.3, 0.4) is 0 Å². The van der Waals surface area contributed by atoms with Crippen molar-refractivity contribution in [2.45, 2.75) is 9.92 Å². The second kappa shape index (κ2) is 5.35. The molecule has 0 aliphatic carbocycles. The summed E-state index contributed by atoms with van der Waals surface area (Å²) < 4.78 is 5.14. The number of ether oxygens (including phenoxy) is 1. The number of nitrogens with two attached hydrogens (primary N) is 1. The van der Waals surface area contributed by atoms with Gasteiger partial charge in [-0.25, -0.2) is 10.8 Å². The smallest absolute Gasteiger partial charge is 0.240 e. The van der Waals surface area contributed by atoms with E-state index in [0.29, 0.717) is 11.6 Å². The average Bonchev–Trinajstić information content (AvgIpc) is 2.96. The Labute approximate surface area is 118 Å². The highest BCUT2D eigenvalue weighted by Crippen LogP contribution is 2.32. The van der Waals surface area contributed by atoms with Crippen LogP contribution in [0.15, 0.2) is 40.4 Å². The van der Waals surface area contributed by atoms with Crippen molar-refractivity contribution in [3.8, 4) is 5.75 Å². The van der Waals surface area contributed by atoms with Gasteiger partial charge in [0.05, 0.1) is 18.7 Å². The van der Waals surface area contributed by atoms with Crippen LogP contribution in [-0.2, 0) is 0 Å². The number of nitrogens with zero attached hydrogens (tertiary/aromatic N) is 3. The molecule has 0 radical (unpaired) electrons. The fourth-order valence-electron chi connectivity index (χ4n) is 1.71. The number of methoxy groups -OCH3 is 1. The van der Waals surface area contributed by atoms with Gasteiger partial charge in [-0.3, -0.25) is 10.5 Å². The highest BCUT2D eigenvalue weighted by Gasteiger charge is 2.10. The Morgan fingerprint density at radius 1 is 1.25 bits per heavy atom. The van der Waals surface area contributed by atoms with Crippen molar-refractivity contribution in [2.75, 3.05) is 12.5 Å².